The van der Waals surface area contributed by atoms with Crippen LogP contribution in [0.4, 0.5) is 0 Å². The minimum absolute atomic E-state index is 0.0110. The first-order valence-corrected chi connectivity index (χ1v) is 8.31. The van der Waals surface area contributed by atoms with E-state index < -0.39 is 0 Å². The number of hydrogen-bond donors (Lipinski definition) is 2. The third-order valence-electron chi connectivity index (χ3n) is 4.47. The largest absolute Gasteiger partial charge is 0.347 e. The van der Waals surface area contributed by atoms with E-state index in [1.165, 1.54) is 11.1 Å². The average molecular weight is 322 g/mol. The van der Waals surface area contributed by atoms with Crippen LogP contribution in [0.3, 0.4) is 0 Å². The van der Waals surface area contributed by atoms with Crippen LogP contribution in [0.2, 0.25) is 0 Å². The van der Waals surface area contributed by atoms with Gasteiger partial charge in [-0.25, -0.2) is 0 Å². The summed E-state index contributed by atoms with van der Waals surface area (Å²) in [5.41, 5.74) is 3.42. The molecule has 24 heavy (non-hydrogen) atoms. The standard InChI is InChI=1S/C20H22N2O2/c1-14-11-16-9-5-6-10-17(16)20(14)22-19(24)13-21-18(23)12-15-7-3-2-4-8-15/h2-10,14,20H,11-13H2,1H3,(H,21,23)(H,22,24)/t14-,20-/m1/s1. The molecule has 1 aliphatic rings. The van der Waals surface area contributed by atoms with E-state index in [4.69, 9.17) is 0 Å². The Labute approximate surface area is 142 Å². The molecule has 0 saturated heterocycles. The Morgan fingerprint density at radius 2 is 1.71 bits per heavy atom. The highest BCUT2D eigenvalue weighted by atomic mass is 16.2. The molecule has 2 aromatic carbocycles. The Bertz CT molecular complexity index is 727. The molecule has 2 aromatic rings. The van der Waals surface area contributed by atoms with Crippen LogP contribution in [-0.2, 0) is 22.4 Å². The molecular weight excluding hydrogens is 300 g/mol. The van der Waals surface area contributed by atoms with Gasteiger partial charge < -0.3 is 10.6 Å². The zero-order valence-electron chi connectivity index (χ0n) is 13.8. The summed E-state index contributed by atoms with van der Waals surface area (Å²) in [5.74, 6) is 0.0764. The van der Waals surface area contributed by atoms with Crippen molar-refractivity contribution in [3.8, 4) is 0 Å². The van der Waals surface area contributed by atoms with Gasteiger partial charge in [-0.2, -0.15) is 0 Å². The summed E-state index contributed by atoms with van der Waals surface area (Å²) in [7, 11) is 0. The smallest absolute Gasteiger partial charge is 0.239 e. The Morgan fingerprint density at radius 3 is 2.50 bits per heavy atom. The zero-order valence-corrected chi connectivity index (χ0v) is 13.8. The van der Waals surface area contributed by atoms with Crippen LogP contribution in [0.5, 0.6) is 0 Å². The second kappa shape index (κ2) is 7.30. The normalized spacial score (nSPS) is 18.7. The Hall–Kier alpha value is -2.62. The van der Waals surface area contributed by atoms with Crippen molar-refractivity contribution >= 4 is 11.8 Å². The molecular formula is C20H22N2O2. The summed E-state index contributed by atoms with van der Waals surface area (Å²) in [5, 5.41) is 5.74. The molecule has 0 bridgehead atoms. The molecule has 0 unspecified atom stereocenters. The molecule has 4 heteroatoms. The molecule has 0 radical (unpaired) electrons. The van der Waals surface area contributed by atoms with Gasteiger partial charge >= 0.3 is 0 Å². The highest BCUT2D eigenvalue weighted by Crippen LogP contribution is 2.35. The van der Waals surface area contributed by atoms with E-state index in [2.05, 4.69) is 29.7 Å². The molecule has 0 saturated carbocycles. The van der Waals surface area contributed by atoms with E-state index in [0.717, 1.165) is 12.0 Å². The molecule has 0 aromatic heterocycles. The van der Waals surface area contributed by atoms with Crippen molar-refractivity contribution in [3.05, 3.63) is 71.3 Å². The maximum Gasteiger partial charge on any atom is 0.239 e. The number of benzene rings is 2. The summed E-state index contributed by atoms with van der Waals surface area (Å²) in [6, 6.07) is 17.7. The van der Waals surface area contributed by atoms with E-state index in [1.54, 1.807) is 0 Å². The summed E-state index contributed by atoms with van der Waals surface area (Å²) in [6.07, 6.45) is 1.26. The van der Waals surface area contributed by atoms with E-state index >= 15 is 0 Å². The predicted octanol–water partition coefficient (Wildman–Crippen LogP) is 2.40. The SMILES string of the molecule is C[C@@H]1Cc2ccccc2[C@@H]1NC(=O)CNC(=O)Cc1ccccc1. The Kier molecular flexibility index (Phi) is 4.94. The topological polar surface area (TPSA) is 58.2 Å². The van der Waals surface area contributed by atoms with Gasteiger partial charge in [0.2, 0.25) is 11.8 Å². The van der Waals surface area contributed by atoms with Crippen LogP contribution < -0.4 is 10.6 Å². The van der Waals surface area contributed by atoms with Gasteiger partial charge in [-0.05, 0) is 29.0 Å². The lowest BCUT2D eigenvalue weighted by Gasteiger charge is -2.19. The van der Waals surface area contributed by atoms with Gasteiger partial charge in [0.05, 0.1) is 19.0 Å². The minimum Gasteiger partial charge on any atom is -0.347 e. The number of nitrogens with one attached hydrogen (secondary N) is 2. The first kappa shape index (κ1) is 16.2. The third-order valence-corrected chi connectivity index (χ3v) is 4.47. The second-order valence-electron chi connectivity index (χ2n) is 6.36. The Balaban J connectivity index is 1.50. The lowest BCUT2D eigenvalue weighted by Crippen LogP contribution is -2.40. The molecule has 1 aliphatic carbocycles. The number of amides is 2. The molecule has 124 valence electrons. The molecule has 0 spiro atoms. The highest BCUT2D eigenvalue weighted by Gasteiger charge is 2.29. The lowest BCUT2D eigenvalue weighted by molar-refractivity contribution is -0.126. The van der Waals surface area contributed by atoms with Gasteiger partial charge in [-0.1, -0.05) is 61.5 Å². The third kappa shape index (κ3) is 3.82. The van der Waals surface area contributed by atoms with Crippen molar-refractivity contribution in [3.63, 3.8) is 0 Å². The van der Waals surface area contributed by atoms with Crippen LogP contribution in [0.1, 0.15) is 29.7 Å². The fraction of sp³-hybridized carbons (Fsp3) is 0.300. The van der Waals surface area contributed by atoms with E-state index in [0.29, 0.717) is 5.92 Å². The molecule has 2 atom stereocenters. The molecule has 4 nitrogen and oxygen atoms in total. The molecule has 2 N–H and O–H groups in total. The Morgan fingerprint density at radius 1 is 1.00 bits per heavy atom. The maximum atomic E-state index is 12.2. The number of rotatable bonds is 5. The van der Waals surface area contributed by atoms with E-state index in [1.807, 2.05) is 42.5 Å². The monoisotopic (exact) mass is 322 g/mol. The van der Waals surface area contributed by atoms with Crippen LogP contribution >= 0.6 is 0 Å². The van der Waals surface area contributed by atoms with Crippen molar-refractivity contribution in [2.75, 3.05) is 6.54 Å². The van der Waals surface area contributed by atoms with Crippen molar-refractivity contribution < 1.29 is 9.59 Å². The van der Waals surface area contributed by atoms with Crippen molar-refractivity contribution in [1.29, 1.82) is 0 Å². The van der Waals surface area contributed by atoms with Gasteiger partial charge in [0, 0.05) is 0 Å². The summed E-state index contributed by atoms with van der Waals surface area (Å²) in [6.45, 7) is 2.15. The number of carbonyl (C=O) groups excluding carboxylic acids is 2. The van der Waals surface area contributed by atoms with Crippen LogP contribution in [0.25, 0.3) is 0 Å². The highest BCUT2D eigenvalue weighted by molar-refractivity contribution is 5.86. The van der Waals surface area contributed by atoms with Gasteiger partial charge in [0.15, 0.2) is 0 Å². The van der Waals surface area contributed by atoms with E-state index in [-0.39, 0.29) is 30.8 Å². The van der Waals surface area contributed by atoms with Crippen LogP contribution in [0, 0.1) is 5.92 Å². The van der Waals surface area contributed by atoms with E-state index in [9.17, 15) is 9.59 Å². The quantitative estimate of drug-likeness (QED) is 0.888. The van der Waals surface area contributed by atoms with Crippen molar-refractivity contribution in [1.82, 2.24) is 10.6 Å². The summed E-state index contributed by atoms with van der Waals surface area (Å²) in [4.78, 5) is 24.1. The molecule has 0 fully saturated rings. The number of carbonyl (C=O) groups is 2. The molecule has 0 heterocycles. The van der Waals surface area contributed by atoms with Crippen molar-refractivity contribution in [2.45, 2.75) is 25.8 Å². The second-order valence-corrected chi connectivity index (χ2v) is 6.36. The summed E-state index contributed by atoms with van der Waals surface area (Å²) < 4.78 is 0. The van der Waals surface area contributed by atoms with Gasteiger partial charge in [0.1, 0.15) is 0 Å². The first-order chi connectivity index (χ1) is 11.6. The number of fused-ring (bicyclic) bond motifs is 1. The maximum absolute atomic E-state index is 12.2. The lowest BCUT2D eigenvalue weighted by atomic mass is 10.0. The average Bonchev–Trinajstić information content (AvgIpc) is 2.90. The van der Waals surface area contributed by atoms with Gasteiger partial charge in [0.25, 0.3) is 0 Å². The number of hydrogen-bond acceptors (Lipinski definition) is 2. The van der Waals surface area contributed by atoms with Gasteiger partial charge in [-0.3, -0.25) is 9.59 Å². The van der Waals surface area contributed by atoms with Crippen LogP contribution in [0.15, 0.2) is 54.6 Å². The molecule has 3 rings (SSSR count). The minimum atomic E-state index is -0.148. The first-order valence-electron chi connectivity index (χ1n) is 8.31. The fourth-order valence-electron chi connectivity index (χ4n) is 3.26. The van der Waals surface area contributed by atoms with Crippen LogP contribution in [-0.4, -0.2) is 18.4 Å². The molecule has 2 amide bonds. The van der Waals surface area contributed by atoms with Crippen molar-refractivity contribution in [2.24, 2.45) is 5.92 Å². The van der Waals surface area contributed by atoms with Gasteiger partial charge in [-0.15, -0.1) is 0 Å². The molecule has 0 aliphatic heterocycles. The fourth-order valence-corrected chi connectivity index (χ4v) is 3.26. The summed E-state index contributed by atoms with van der Waals surface area (Å²) >= 11 is 0. The zero-order chi connectivity index (χ0) is 16.9. The predicted molar refractivity (Wildman–Crippen MR) is 93.3 cm³/mol.